The fourth-order valence-electron chi connectivity index (χ4n) is 3.19. The molecular formula is C21H21ClN2O5. The molecule has 0 radical (unpaired) electrons. The summed E-state index contributed by atoms with van der Waals surface area (Å²) in [7, 11) is 3.14. The van der Waals surface area contributed by atoms with E-state index in [4.69, 9.17) is 21.1 Å². The number of carboxylic acids is 1. The Morgan fingerprint density at radius 3 is 2.55 bits per heavy atom. The number of ether oxygens (including phenoxy) is 2. The van der Waals surface area contributed by atoms with Crippen LogP contribution in [0.2, 0.25) is 5.02 Å². The van der Waals surface area contributed by atoms with Gasteiger partial charge in [-0.3, -0.25) is 4.79 Å². The van der Waals surface area contributed by atoms with Gasteiger partial charge >= 0.3 is 5.97 Å². The lowest BCUT2D eigenvalue weighted by atomic mass is 10.1. The van der Waals surface area contributed by atoms with Crippen LogP contribution in [0.15, 0.2) is 36.4 Å². The van der Waals surface area contributed by atoms with Crippen molar-refractivity contribution < 1.29 is 24.2 Å². The maximum absolute atomic E-state index is 12.4. The molecule has 0 aliphatic carbocycles. The third-order valence-electron chi connectivity index (χ3n) is 4.60. The van der Waals surface area contributed by atoms with E-state index in [0.717, 1.165) is 5.56 Å². The first-order chi connectivity index (χ1) is 13.9. The van der Waals surface area contributed by atoms with E-state index in [-0.39, 0.29) is 18.0 Å². The highest BCUT2D eigenvalue weighted by Gasteiger charge is 2.19. The van der Waals surface area contributed by atoms with Gasteiger partial charge in [0.25, 0.3) is 0 Å². The van der Waals surface area contributed by atoms with Crippen molar-refractivity contribution in [2.75, 3.05) is 20.8 Å². The third kappa shape index (κ3) is 4.63. The topological polar surface area (TPSA) is 101 Å². The van der Waals surface area contributed by atoms with E-state index in [0.29, 0.717) is 46.0 Å². The van der Waals surface area contributed by atoms with Gasteiger partial charge in [0.2, 0.25) is 5.91 Å². The van der Waals surface area contributed by atoms with Crippen LogP contribution in [0, 0.1) is 0 Å². The molecule has 0 fully saturated rings. The van der Waals surface area contributed by atoms with Crippen LogP contribution in [-0.4, -0.2) is 42.7 Å². The molecule has 0 atom stereocenters. The van der Waals surface area contributed by atoms with Crippen molar-refractivity contribution in [1.82, 2.24) is 10.3 Å². The number of carbonyl (C=O) groups excluding carboxylic acids is 1. The summed E-state index contributed by atoms with van der Waals surface area (Å²) in [6.07, 6.45) is 0.533. The van der Waals surface area contributed by atoms with Crippen molar-refractivity contribution in [3.8, 4) is 11.5 Å². The second-order valence-corrected chi connectivity index (χ2v) is 6.88. The number of methoxy groups -OCH3 is 2. The van der Waals surface area contributed by atoms with Crippen LogP contribution in [0.4, 0.5) is 0 Å². The summed E-state index contributed by atoms with van der Waals surface area (Å²) >= 11 is 6.03. The summed E-state index contributed by atoms with van der Waals surface area (Å²) in [5.41, 5.74) is 2.02. The molecular weight excluding hydrogens is 396 g/mol. The third-order valence-corrected chi connectivity index (χ3v) is 4.84. The summed E-state index contributed by atoms with van der Waals surface area (Å²) < 4.78 is 10.5. The first-order valence-corrected chi connectivity index (χ1v) is 9.31. The van der Waals surface area contributed by atoms with Gasteiger partial charge in [0.1, 0.15) is 5.69 Å². The molecule has 0 saturated carbocycles. The molecule has 3 aromatic rings. The molecule has 3 rings (SSSR count). The van der Waals surface area contributed by atoms with E-state index in [2.05, 4.69) is 10.3 Å². The number of H-pyrrole nitrogens is 1. The maximum atomic E-state index is 12.4. The van der Waals surface area contributed by atoms with Crippen molar-refractivity contribution in [2.24, 2.45) is 0 Å². The Balaban J connectivity index is 1.68. The SMILES string of the molecule is COc1ccc(CCNC(=O)Cc2c(C(=O)O)[nH]c3ccc(Cl)cc23)cc1OC. The van der Waals surface area contributed by atoms with Crippen molar-refractivity contribution in [2.45, 2.75) is 12.8 Å². The Morgan fingerprint density at radius 2 is 1.86 bits per heavy atom. The van der Waals surface area contributed by atoms with Crippen LogP contribution in [0.25, 0.3) is 10.9 Å². The molecule has 2 aromatic carbocycles. The molecule has 0 aliphatic heterocycles. The average Bonchev–Trinajstić information content (AvgIpc) is 3.05. The van der Waals surface area contributed by atoms with Gasteiger partial charge in [-0.05, 0) is 42.3 Å². The molecule has 152 valence electrons. The van der Waals surface area contributed by atoms with Gasteiger partial charge in [-0.15, -0.1) is 0 Å². The maximum Gasteiger partial charge on any atom is 0.352 e. The Bertz CT molecular complexity index is 1060. The van der Waals surface area contributed by atoms with Crippen molar-refractivity contribution in [3.05, 3.63) is 58.2 Å². The average molecular weight is 417 g/mol. The number of fused-ring (bicyclic) bond motifs is 1. The van der Waals surface area contributed by atoms with Crippen molar-refractivity contribution in [3.63, 3.8) is 0 Å². The number of benzene rings is 2. The highest BCUT2D eigenvalue weighted by atomic mass is 35.5. The number of aromatic nitrogens is 1. The van der Waals surface area contributed by atoms with Gasteiger partial charge in [-0.2, -0.15) is 0 Å². The van der Waals surface area contributed by atoms with Gasteiger partial charge in [-0.1, -0.05) is 17.7 Å². The molecule has 0 saturated heterocycles. The van der Waals surface area contributed by atoms with Gasteiger partial charge < -0.3 is 24.9 Å². The monoisotopic (exact) mass is 416 g/mol. The minimum absolute atomic E-state index is 0.00249. The van der Waals surface area contributed by atoms with E-state index in [1.54, 1.807) is 32.4 Å². The van der Waals surface area contributed by atoms with Gasteiger partial charge in [-0.25, -0.2) is 4.79 Å². The lowest BCUT2D eigenvalue weighted by Crippen LogP contribution is -2.27. The minimum Gasteiger partial charge on any atom is -0.493 e. The second-order valence-electron chi connectivity index (χ2n) is 6.44. The number of nitrogens with one attached hydrogen (secondary N) is 2. The van der Waals surface area contributed by atoms with Crippen molar-refractivity contribution >= 4 is 34.4 Å². The molecule has 7 nitrogen and oxygen atoms in total. The normalized spacial score (nSPS) is 10.7. The van der Waals surface area contributed by atoms with Crippen LogP contribution < -0.4 is 14.8 Å². The summed E-state index contributed by atoms with van der Waals surface area (Å²) in [6.45, 7) is 0.403. The lowest BCUT2D eigenvalue weighted by molar-refractivity contribution is -0.120. The van der Waals surface area contributed by atoms with Gasteiger partial charge in [0, 0.05) is 28.0 Å². The zero-order valence-electron chi connectivity index (χ0n) is 16.0. The number of carbonyl (C=O) groups is 2. The van der Waals surface area contributed by atoms with E-state index in [1.807, 2.05) is 18.2 Å². The fraction of sp³-hybridized carbons (Fsp3) is 0.238. The van der Waals surface area contributed by atoms with E-state index in [9.17, 15) is 14.7 Å². The number of hydrogen-bond acceptors (Lipinski definition) is 4. The summed E-state index contributed by atoms with van der Waals surface area (Å²) in [6, 6.07) is 10.6. The molecule has 1 aromatic heterocycles. The van der Waals surface area contributed by atoms with Gasteiger partial charge in [0.15, 0.2) is 11.5 Å². The van der Waals surface area contributed by atoms with Crippen LogP contribution in [0.5, 0.6) is 11.5 Å². The number of aromatic amines is 1. The molecule has 1 heterocycles. The van der Waals surface area contributed by atoms with Gasteiger partial charge in [0.05, 0.1) is 20.6 Å². The van der Waals surface area contributed by atoms with Crippen LogP contribution in [0.3, 0.4) is 0 Å². The largest absolute Gasteiger partial charge is 0.493 e. The van der Waals surface area contributed by atoms with E-state index in [1.165, 1.54) is 0 Å². The molecule has 8 heteroatoms. The van der Waals surface area contributed by atoms with Crippen LogP contribution in [-0.2, 0) is 17.6 Å². The highest BCUT2D eigenvalue weighted by Crippen LogP contribution is 2.28. The Labute approximate surface area is 172 Å². The molecule has 0 aliphatic rings. The highest BCUT2D eigenvalue weighted by molar-refractivity contribution is 6.31. The molecule has 0 spiro atoms. The molecule has 1 amide bonds. The number of halogens is 1. The zero-order chi connectivity index (χ0) is 21.0. The molecule has 29 heavy (non-hydrogen) atoms. The smallest absolute Gasteiger partial charge is 0.352 e. The molecule has 0 bridgehead atoms. The number of rotatable bonds is 8. The molecule has 3 N–H and O–H groups in total. The van der Waals surface area contributed by atoms with Crippen molar-refractivity contribution in [1.29, 1.82) is 0 Å². The number of carboxylic acid groups (broad SMARTS) is 1. The number of aromatic carboxylic acids is 1. The first kappa shape index (κ1) is 20.5. The van der Waals surface area contributed by atoms with E-state index >= 15 is 0 Å². The fourth-order valence-corrected chi connectivity index (χ4v) is 3.36. The van der Waals surface area contributed by atoms with E-state index < -0.39 is 5.97 Å². The summed E-state index contributed by atoms with van der Waals surface area (Å²) in [5, 5.41) is 13.4. The first-order valence-electron chi connectivity index (χ1n) is 8.94. The molecule has 0 unspecified atom stereocenters. The summed E-state index contributed by atoms with van der Waals surface area (Å²) in [5.74, 6) is -0.128. The Morgan fingerprint density at radius 1 is 1.10 bits per heavy atom. The standard InChI is InChI=1S/C21H21ClN2O5/c1-28-17-6-3-12(9-18(17)29-2)7-8-23-19(25)11-15-14-10-13(22)4-5-16(14)24-20(15)21(26)27/h3-6,9-10,24H,7-8,11H2,1-2H3,(H,23,25)(H,26,27). The number of amides is 1. The predicted molar refractivity (Wildman–Crippen MR) is 110 cm³/mol. The summed E-state index contributed by atoms with van der Waals surface area (Å²) in [4.78, 5) is 26.8. The van der Waals surface area contributed by atoms with Crippen LogP contribution in [0.1, 0.15) is 21.6 Å². The second kappa shape index (κ2) is 8.87. The Hall–Kier alpha value is -3.19. The van der Waals surface area contributed by atoms with Crippen LogP contribution >= 0.6 is 11.6 Å². The zero-order valence-corrected chi connectivity index (χ0v) is 16.8. The minimum atomic E-state index is -1.12. The Kier molecular flexibility index (Phi) is 6.29. The predicted octanol–water partition coefficient (Wildman–Crippen LogP) is 3.44. The number of hydrogen-bond donors (Lipinski definition) is 3. The lowest BCUT2D eigenvalue weighted by Gasteiger charge is -2.10. The quantitative estimate of drug-likeness (QED) is 0.522.